The summed E-state index contributed by atoms with van der Waals surface area (Å²) in [5, 5.41) is 16.5. The van der Waals surface area contributed by atoms with Gasteiger partial charge >= 0.3 is 0 Å². The topological polar surface area (TPSA) is 40.5 Å². The molecule has 0 aliphatic rings. The lowest BCUT2D eigenvalue weighted by atomic mass is 10.4. The summed E-state index contributed by atoms with van der Waals surface area (Å²) < 4.78 is 0. The summed E-state index contributed by atoms with van der Waals surface area (Å²) in [4.78, 5) is 0.703. The summed E-state index contributed by atoms with van der Waals surface area (Å²) in [5.41, 5.74) is 0. The van der Waals surface area contributed by atoms with E-state index in [9.17, 15) is 0 Å². The lowest BCUT2D eigenvalue weighted by Crippen LogP contribution is -1.89. The molecule has 11 heavy (non-hydrogen) atoms. The van der Waals surface area contributed by atoms with Crippen LogP contribution in [-0.4, -0.2) is 15.4 Å². The molecule has 1 unspecified atom stereocenters. The normalized spacial score (nSPS) is 12.6. The summed E-state index contributed by atoms with van der Waals surface area (Å²) in [6, 6.07) is 8.90. The van der Waals surface area contributed by atoms with Crippen LogP contribution in [0.3, 0.4) is 0 Å². The highest BCUT2D eigenvalue weighted by atomic mass is 35.7. The van der Waals surface area contributed by atoms with Gasteiger partial charge in [-0.05, 0) is 32.5 Å². The first-order chi connectivity index (χ1) is 5.22. The number of aliphatic hydroxyl groups is 2. The zero-order valence-corrected chi connectivity index (χ0v) is 7.14. The van der Waals surface area contributed by atoms with E-state index in [0.29, 0.717) is 4.90 Å². The van der Waals surface area contributed by atoms with E-state index in [1.165, 1.54) is 0 Å². The van der Waals surface area contributed by atoms with Crippen LogP contribution < -0.4 is 0 Å². The maximum absolute atomic E-state index is 8.63. The smallest absolute Gasteiger partial charge is 0.224 e. The molecule has 0 aliphatic heterocycles. The fourth-order valence-electron chi connectivity index (χ4n) is 0.645. The highest BCUT2D eigenvalue weighted by molar-refractivity contribution is 8.34. The Balaban J connectivity index is 3.04. The average molecular weight is 191 g/mol. The summed E-state index contributed by atoms with van der Waals surface area (Å²) in [5.74, 6) is 0. The van der Waals surface area contributed by atoms with Crippen molar-refractivity contribution in [1.29, 1.82) is 0 Å². The summed E-state index contributed by atoms with van der Waals surface area (Å²) >= 11 is 0. The van der Waals surface area contributed by atoms with Crippen molar-refractivity contribution in [2.75, 3.05) is 0 Å². The number of benzene rings is 1. The van der Waals surface area contributed by atoms with E-state index in [-0.39, 0.29) is 0 Å². The van der Waals surface area contributed by atoms with Crippen LogP contribution in [0.15, 0.2) is 35.2 Å². The Hall–Kier alpha value is -0.350. The van der Waals surface area contributed by atoms with E-state index in [1.54, 1.807) is 24.3 Å². The number of rotatable bonds is 1. The van der Waals surface area contributed by atoms with Gasteiger partial charge < -0.3 is 10.2 Å². The molecule has 0 heterocycles. The molecule has 0 amide bonds. The molecule has 4 heteroatoms. The van der Waals surface area contributed by atoms with Crippen molar-refractivity contribution in [3.05, 3.63) is 30.3 Å². The van der Waals surface area contributed by atoms with Crippen LogP contribution in [0.25, 0.3) is 0 Å². The van der Waals surface area contributed by atoms with Crippen molar-refractivity contribution in [3.63, 3.8) is 0 Å². The van der Waals surface area contributed by atoms with Gasteiger partial charge in [-0.3, -0.25) is 0 Å². The first-order valence-corrected chi connectivity index (χ1v) is 4.97. The standard InChI is InChI=1S/C7H7ClO2S/c8-11(7(9)10)6-4-2-1-3-5-6/h1-5,9-10H. The molecule has 1 aromatic rings. The minimum absolute atomic E-state index is 0.703. The van der Waals surface area contributed by atoms with Crippen LogP contribution in [0.1, 0.15) is 0 Å². The number of halogens is 1. The third-order valence-electron chi connectivity index (χ3n) is 1.11. The quantitative estimate of drug-likeness (QED) is 0.669. The van der Waals surface area contributed by atoms with Gasteiger partial charge in [0, 0.05) is 4.90 Å². The molecule has 2 nitrogen and oxygen atoms in total. The molecular weight excluding hydrogens is 184 g/mol. The van der Waals surface area contributed by atoms with Gasteiger partial charge in [0.2, 0.25) is 5.24 Å². The highest BCUT2D eigenvalue weighted by Crippen LogP contribution is 2.30. The van der Waals surface area contributed by atoms with Gasteiger partial charge in [-0.2, -0.15) is 0 Å². The number of hydrogen-bond acceptors (Lipinski definition) is 0. The zero-order chi connectivity index (χ0) is 8.27. The van der Waals surface area contributed by atoms with Gasteiger partial charge in [0.05, 0.1) is 0 Å². The third kappa shape index (κ3) is 2.31. The van der Waals surface area contributed by atoms with Crippen LogP contribution >= 0.6 is 20.4 Å². The van der Waals surface area contributed by atoms with Crippen LogP contribution in [0, 0.1) is 0 Å². The summed E-state index contributed by atoms with van der Waals surface area (Å²) in [6.07, 6.45) is 0. The van der Waals surface area contributed by atoms with E-state index in [4.69, 9.17) is 20.9 Å². The SMILES string of the molecule is OC(O)=S(Cl)c1ccccc1. The van der Waals surface area contributed by atoms with Crippen LogP contribution in [0.4, 0.5) is 0 Å². The van der Waals surface area contributed by atoms with E-state index in [2.05, 4.69) is 0 Å². The van der Waals surface area contributed by atoms with E-state index in [1.807, 2.05) is 6.07 Å². The number of hydrogen-bond donors (Lipinski definition) is 2. The average Bonchev–Trinajstić information content (AvgIpc) is 2.05. The van der Waals surface area contributed by atoms with Crippen molar-refractivity contribution < 1.29 is 10.2 Å². The molecular formula is C7H7ClO2S. The van der Waals surface area contributed by atoms with E-state index in [0.717, 1.165) is 0 Å². The predicted molar refractivity (Wildman–Crippen MR) is 48.4 cm³/mol. The third-order valence-corrected chi connectivity index (χ3v) is 3.07. The van der Waals surface area contributed by atoms with Gasteiger partial charge in [-0.1, -0.05) is 18.2 Å². The molecule has 1 rings (SSSR count). The maximum Gasteiger partial charge on any atom is 0.224 e. The van der Waals surface area contributed by atoms with Crippen LogP contribution in [-0.2, 0) is 0 Å². The van der Waals surface area contributed by atoms with Gasteiger partial charge in [-0.25, -0.2) is 0 Å². The minimum atomic E-state index is -1.09. The number of aliphatic hydroxyl groups excluding tert-OH is 1. The Morgan fingerprint density at radius 1 is 1.18 bits per heavy atom. The highest BCUT2D eigenvalue weighted by Gasteiger charge is 1.98. The van der Waals surface area contributed by atoms with Gasteiger partial charge in [-0.15, -0.1) is 0 Å². The molecule has 0 fully saturated rings. The fourth-order valence-corrected chi connectivity index (χ4v) is 1.56. The van der Waals surface area contributed by atoms with Crippen molar-refractivity contribution in [1.82, 2.24) is 0 Å². The molecule has 2 N–H and O–H groups in total. The second-order valence-corrected chi connectivity index (χ2v) is 4.13. The Morgan fingerprint density at radius 2 is 1.73 bits per heavy atom. The Kier molecular flexibility index (Phi) is 3.08. The Labute approximate surface area is 71.5 Å². The Morgan fingerprint density at radius 3 is 2.18 bits per heavy atom. The molecule has 0 bridgehead atoms. The first kappa shape index (κ1) is 8.74. The lowest BCUT2D eigenvalue weighted by molar-refractivity contribution is 0.385. The van der Waals surface area contributed by atoms with Crippen molar-refractivity contribution in [2.45, 2.75) is 4.90 Å². The van der Waals surface area contributed by atoms with Gasteiger partial charge in [0.25, 0.3) is 0 Å². The second-order valence-electron chi connectivity index (χ2n) is 1.85. The fraction of sp³-hybridized carbons (Fsp3) is 0. The molecule has 1 aromatic carbocycles. The van der Waals surface area contributed by atoms with Crippen LogP contribution in [0.5, 0.6) is 0 Å². The van der Waals surface area contributed by atoms with Crippen molar-refractivity contribution >= 4 is 25.6 Å². The molecule has 60 valence electrons. The molecule has 0 aromatic heterocycles. The van der Waals surface area contributed by atoms with Crippen molar-refractivity contribution in [3.8, 4) is 0 Å². The molecule has 0 aliphatic carbocycles. The van der Waals surface area contributed by atoms with E-state index < -0.39 is 14.9 Å². The van der Waals surface area contributed by atoms with Gasteiger partial charge in [0.15, 0.2) is 0 Å². The van der Waals surface area contributed by atoms with Crippen LogP contribution in [0.2, 0.25) is 0 Å². The maximum atomic E-state index is 8.63. The predicted octanol–water partition coefficient (Wildman–Crippen LogP) is 2.67. The molecule has 0 radical (unpaired) electrons. The first-order valence-electron chi connectivity index (χ1n) is 2.92. The molecule has 0 saturated carbocycles. The second kappa shape index (κ2) is 3.88. The van der Waals surface area contributed by atoms with E-state index >= 15 is 0 Å². The summed E-state index contributed by atoms with van der Waals surface area (Å²) in [7, 11) is 4.55. The van der Waals surface area contributed by atoms with Gasteiger partial charge in [0.1, 0.15) is 0 Å². The summed E-state index contributed by atoms with van der Waals surface area (Å²) in [6.45, 7) is 0. The van der Waals surface area contributed by atoms with Crippen molar-refractivity contribution in [2.24, 2.45) is 0 Å². The molecule has 0 spiro atoms. The zero-order valence-electron chi connectivity index (χ0n) is 5.57. The largest absolute Gasteiger partial charge is 0.335 e. The molecule has 1 atom stereocenters. The monoisotopic (exact) mass is 190 g/mol. The minimum Gasteiger partial charge on any atom is -0.335 e. The lowest BCUT2D eigenvalue weighted by Gasteiger charge is -1.98. The molecule has 0 saturated heterocycles. The Bertz CT molecular complexity index is 267.